The monoisotopic (exact) mass is 328 g/mol. The smallest absolute Gasteiger partial charge is 0.338 e. The Labute approximate surface area is 141 Å². The molecule has 128 valence electrons. The van der Waals surface area contributed by atoms with E-state index in [1.165, 1.54) is 17.7 Å². The number of amides is 1. The van der Waals surface area contributed by atoms with Crippen LogP contribution in [0.25, 0.3) is 10.9 Å². The summed E-state index contributed by atoms with van der Waals surface area (Å²) >= 11 is 0. The zero-order chi connectivity index (χ0) is 17.1. The van der Waals surface area contributed by atoms with E-state index >= 15 is 0 Å². The molecule has 5 heteroatoms. The molecule has 1 atom stereocenters. The number of aromatic nitrogens is 1. The lowest BCUT2D eigenvalue weighted by Crippen LogP contribution is -2.29. The van der Waals surface area contributed by atoms with Gasteiger partial charge in [-0.3, -0.25) is 4.79 Å². The summed E-state index contributed by atoms with van der Waals surface area (Å²) in [5, 5.41) is 3.79. The van der Waals surface area contributed by atoms with Gasteiger partial charge in [-0.05, 0) is 55.4 Å². The number of benzene rings is 1. The molecule has 0 bridgehead atoms. The fourth-order valence-corrected chi connectivity index (χ4v) is 3.25. The minimum absolute atomic E-state index is 0.237. The Morgan fingerprint density at radius 3 is 3.00 bits per heavy atom. The maximum absolute atomic E-state index is 12.2. The van der Waals surface area contributed by atoms with Crippen molar-refractivity contribution in [1.29, 1.82) is 0 Å². The predicted molar refractivity (Wildman–Crippen MR) is 93.1 cm³/mol. The van der Waals surface area contributed by atoms with E-state index in [1.54, 1.807) is 6.07 Å². The van der Waals surface area contributed by atoms with Crippen LogP contribution < -0.4 is 5.32 Å². The first-order valence-electron chi connectivity index (χ1n) is 8.65. The van der Waals surface area contributed by atoms with E-state index in [-0.39, 0.29) is 12.5 Å². The van der Waals surface area contributed by atoms with Gasteiger partial charge in [0.2, 0.25) is 0 Å². The maximum atomic E-state index is 12.2. The second kappa shape index (κ2) is 7.07. The highest BCUT2D eigenvalue weighted by molar-refractivity contribution is 5.97. The fraction of sp³-hybridized carbons (Fsp3) is 0.474. The number of H-pyrrole nitrogens is 1. The van der Waals surface area contributed by atoms with Crippen molar-refractivity contribution in [2.24, 2.45) is 5.92 Å². The molecule has 1 amide bonds. The third-order valence-corrected chi connectivity index (χ3v) is 4.58. The van der Waals surface area contributed by atoms with Gasteiger partial charge in [0.1, 0.15) is 0 Å². The van der Waals surface area contributed by atoms with Gasteiger partial charge in [0.05, 0.1) is 5.56 Å². The number of hydrogen-bond donors (Lipinski definition) is 2. The minimum Gasteiger partial charge on any atom is -0.452 e. The molecule has 0 saturated heterocycles. The Kier molecular flexibility index (Phi) is 4.88. The molecule has 1 aliphatic rings. The van der Waals surface area contributed by atoms with E-state index < -0.39 is 5.97 Å². The Balaban J connectivity index is 1.74. The lowest BCUT2D eigenvalue weighted by Gasteiger charge is -2.18. The van der Waals surface area contributed by atoms with E-state index in [4.69, 9.17) is 4.74 Å². The summed E-state index contributed by atoms with van der Waals surface area (Å²) in [5.41, 5.74) is 4.16. The molecule has 2 N–H and O–H groups in total. The van der Waals surface area contributed by atoms with Gasteiger partial charge in [-0.25, -0.2) is 4.79 Å². The first kappa shape index (κ1) is 16.6. The van der Waals surface area contributed by atoms with Crippen LogP contribution in [0, 0.1) is 5.92 Å². The molecule has 1 aromatic heterocycles. The molecule has 5 nitrogen and oxygen atoms in total. The quantitative estimate of drug-likeness (QED) is 0.829. The van der Waals surface area contributed by atoms with Crippen molar-refractivity contribution in [3.8, 4) is 0 Å². The highest BCUT2D eigenvalue weighted by Gasteiger charge is 2.21. The van der Waals surface area contributed by atoms with Gasteiger partial charge in [0.25, 0.3) is 5.91 Å². The lowest BCUT2D eigenvalue weighted by atomic mass is 9.87. The van der Waals surface area contributed by atoms with E-state index in [0.29, 0.717) is 18.0 Å². The van der Waals surface area contributed by atoms with Crippen molar-refractivity contribution in [1.82, 2.24) is 10.3 Å². The van der Waals surface area contributed by atoms with Gasteiger partial charge in [0.15, 0.2) is 6.61 Å². The number of esters is 1. The van der Waals surface area contributed by atoms with Crippen LogP contribution in [0.4, 0.5) is 0 Å². The van der Waals surface area contributed by atoms with Crippen molar-refractivity contribution in [3.05, 3.63) is 35.0 Å². The molecule has 24 heavy (non-hydrogen) atoms. The molecule has 0 unspecified atom stereocenters. The first-order valence-corrected chi connectivity index (χ1v) is 8.65. The summed E-state index contributed by atoms with van der Waals surface area (Å²) in [6, 6.07) is 5.56. The van der Waals surface area contributed by atoms with Gasteiger partial charge in [-0.15, -0.1) is 0 Å². The zero-order valence-corrected chi connectivity index (χ0v) is 14.3. The van der Waals surface area contributed by atoms with Crippen LogP contribution >= 0.6 is 0 Å². The Hall–Kier alpha value is -2.30. The van der Waals surface area contributed by atoms with Crippen LogP contribution in [0.2, 0.25) is 0 Å². The average molecular weight is 328 g/mol. The summed E-state index contributed by atoms with van der Waals surface area (Å²) in [7, 11) is 0. The topological polar surface area (TPSA) is 71.2 Å². The Morgan fingerprint density at radius 2 is 2.21 bits per heavy atom. The number of rotatable bonds is 5. The van der Waals surface area contributed by atoms with Gasteiger partial charge < -0.3 is 15.0 Å². The molecule has 0 radical (unpaired) electrons. The average Bonchev–Trinajstić information content (AvgIpc) is 2.94. The molecule has 2 aromatic rings. The molecular formula is C19H24N2O3. The second-order valence-corrected chi connectivity index (χ2v) is 6.62. The lowest BCUT2D eigenvalue weighted by molar-refractivity contribution is -0.124. The SMILES string of the molecule is CCCNC(=O)COC(=O)c1ccc2[nH]c3c(c2c1)C[C@@H](C)CC3. The molecular weight excluding hydrogens is 304 g/mol. The molecule has 1 aromatic carbocycles. The highest BCUT2D eigenvalue weighted by atomic mass is 16.5. The van der Waals surface area contributed by atoms with Crippen LogP contribution in [0.3, 0.4) is 0 Å². The minimum atomic E-state index is -0.456. The summed E-state index contributed by atoms with van der Waals surface area (Å²) in [4.78, 5) is 27.2. The van der Waals surface area contributed by atoms with Gasteiger partial charge in [-0.1, -0.05) is 13.8 Å². The number of ether oxygens (including phenoxy) is 1. The van der Waals surface area contributed by atoms with Crippen LogP contribution in [0.1, 0.15) is 48.3 Å². The molecule has 0 saturated carbocycles. The number of hydrogen-bond acceptors (Lipinski definition) is 3. The number of carbonyl (C=O) groups excluding carboxylic acids is 2. The van der Waals surface area contributed by atoms with Crippen LogP contribution in [-0.4, -0.2) is 30.0 Å². The van der Waals surface area contributed by atoms with Crippen molar-refractivity contribution < 1.29 is 14.3 Å². The van der Waals surface area contributed by atoms with E-state index in [1.807, 2.05) is 19.1 Å². The molecule has 0 spiro atoms. The van der Waals surface area contributed by atoms with Crippen LogP contribution in [0.15, 0.2) is 18.2 Å². The summed E-state index contributed by atoms with van der Waals surface area (Å²) in [5.74, 6) is -0.0594. The van der Waals surface area contributed by atoms with Crippen molar-refractivity contribution in [3.63, 3.8) is 0 Å². The third kappa shape index (κ3) is 3.45. The van der Waals surface area contributed by atoms with E-state index in [9.17, 15) is 9.59 Å². The fourth-order valence-electron chi connectivity index (χ4n) is 3.25. The van der Waals surface area contributed by atoms with Gasteiger partial charge in [-0.2, -0.15) is 0 Å². The maximum Gasteiger partial charge on any atom is 0.338 e. The van der Waals surface area contributed by atoms with Gasteiger partial charge >= 0.3 is 5.97 Å². The summed E-state index contributed by atoms with van der Waals surface area (Å²) in [6.07, 6.45) is 4.14. The normalized spacial score (nSPS) is 16.7. The number of nitrogens with one attached hydrogen (secondary N) is 2. The molecule has 0 fully saturated rings. The largest absolute Gasteiger partial charge is 0.452 e. The summed E-state index contributed by atoms with van der Waals surface area (Å²) in [6.45, 7) is 4.59. The summed E-state index contributed by atoms with van der Waals surface area (Å²) < 4.78 is 5.12. The molecule has 0 aliphatic heterocycles. The highest BCUT2D eigenvalue weighted by Crippen LogP contribution is 2.32. The van der Waals surface area contributed by atoms with Crippen molar-refractivity contribution in [2.45, 2.75) is 39.5 Å². The first-order chi connectivity index (χ1) is 11.6. The molecule has 1 heterocycles. The number of carbonyl (C=O) groups is 2. The van der Waals surface area contributed by atoms with E-state index in [0.717, 1.165) is 30.2 Å². The second-order valence-electron chi connectivity index (χ2n) is 6.62. The third-order valence-electron chi connectivity index (χ3n) is 4.58. The van der Waals surface area contributed by atoms with Crippen molar-refractivity contribution >= 4 is 22.8 Å². The number of fused-ring (bicyclic) bond motifs is 3. The van der Waals surface area contributed by atoms with Crippen LogP contribution in [0.5, 0.6) is 0 Å². The van der Waals surface area contributed by atoms with E-state index in [2.05, 4.69) is 17.2 Å². The zero-order valence-electron chi connectivity index (χ0n) is 14.3. The van der Waals surface area contributed by atoms with Crippen molar-refractivity contribution in [2.75, 3.05) is 13.2 Å². The van der Waals surface area contributed by atoms with Gasteiger partial charge in [0, 0.05) is 23.1 Å². The Bertz CT molecular complexity index is 763. The Morgan fingerprint density at radius 1 is 1.38 bits per heavy atom. The molecule has 1 aliphatic carbocycles. The standard InChI is InChI=1S/C19H24N2O3/c1-3-8-20-18(22)11-24-19(23)13-5-7-17-15(10-13)14-9-12(2)4-6-16(14)21-17/h5,7,10,12,21H,3-4,6,8-9,11H2,1-2H3,(H,20,22)/t12-/m0/s1. The predicted octanol–water partition coefficient (Wildman–Crippen LogP) is 2.98. The number of aryl methyl sites for hydroxylation is 1. The number of aromatic amines is 1. The molecule has 3 rings (SSSR count). The van der Waals surface area contributed by atoms with Crippen LogP contribution in [-0.2, 0) is 22.4 Å².